The van der Waals surface area contributed by atoms with Gasteiger partial charge in [-0.1, -0.05) is 80.0 Å². The Morgan fingerprint density at radius 1 is 1.00 bits per heavy atom. The van der Waals surface area contributed by atoms with Crippen LogP contribution >= 0.6 is 11.6 Å². The molecule has 0 fully saturated rings. The van der Waals surface area contributed by atoms with Gasteiger partial charge < -0.3 is 5.32 Å². The standard InChI is InChI=1S/C29H27ClN2O2/c1-29(2)17-23-27(25(33)18-29)28(20-11-8-12-21(30)16-20)32(24-14-7-6-13-22(24)31-23)26(34)15-19-9-4-3-5-10-19/h3-14,16,28,31H,15,17-18H2,1-2H3/t28-/m1/s1. The number of rotatable bonds is 3. The fourth-order valence-electron chi connectivity index (χ4n) is 5.11. The maximum Gasteiger partial charge on any atom is 0.232 e. The van der Waals surface area contributed by atoms with Gasteiger partial charge in [-0.2, -0.15) is 0 Å². The van der Waals surface area contributed by atoms with Gasteiger partial charge in [-0.15, -0.1) is 0 Å². The van der Waals surface area contributed by atoms with Gasteiger partial charge in [0, 0.05) is 22.7 Å². The number of benzene rings is 3. The maximum atomic E-state index is 14.0. The Labute approximate surface area is 205 Å². The van der Waals surface area contributed by atoms with E-state index in [1.165, 1.54) is 0 Å². The molecule has 0 spiro atoms. The molecule has 5 heteroatoms. The van der Waals surface area contributed by atoms with Gasteiger partial charge in [0.25, 0.3) is 0 Å². The molecule has 0 saturated heterocycles. The zero-order chi connectivity index (χ0) is 23.9. The third kappa shape index (κ3) is 4.26. The Hall–Kier alpha value is -3.37. The second-order valence-electron chi connectivity index (χ2n) is 9.86. The van der Waals surface area contributed by atoms with E-state index in [1.54, 1.807) is 4.90 Å². The summed E-state index contributed by atoms with van der Waals surface area (Å²) in [6, 6.07) is 24.4. The number of allylic oxidation sites excluding steroid dienone is 1. The van der Waals surface area contributed by atoms with Crippen molar-refractivity contribution < 1.29 is 9.59 Å². The van der Waals surface area contributed by atoms with Crippen molar-refractivity contribution >= 4 is 34.7 Å². The molecule has 0 aromatic heterocycles. The van der Waals surface area contributed by atoms with Crippen molar-refractivity contribution in [3.8, 4) is 0 Å². The number of hydrogen-bond donors (Lipinski definition) is 1. The number of nitrogens with zero attached hydrogens (tertiary/aromatic N) is 1. The Kier molecular flexibility index (Phi) is 5.78. The lowest BCUT2D eigenvalue weighted by Crippen LogP contribution is -2.40. The van der Waals surface area contributed by atoms with E-state index in [0.717, 1.165) is 34.6 Å². The van der Waals surface area contributed by atoms with Crippen LogP contribution in [-0.4, -0.2) is 11.7 Å². The van der Waals surface area contributed by atoms with Crippen molar-refractivity contribution in [2.75, 3.05) is 10.2 Å². The summed E-state index contributed by atoms with van der Waals surface area (Å²) in [6.07, 6.45) is 1.39. The first-order chi connectivity index (χ1) is 16.3. The van der Waals surface area contributed by atoms with Gasteiger partial charge in [0.2, 0.25) is 5.91 Å². The van der Waals surface area contributed by atoms with Crippen LogP contribution in [0, 0.1) is 5.41 Å². The lowest BCUT2D eigenvalue weighted by Gasteiger charge is -2.37. The second kappa shape index (κ2) is 8.77. The maximum absolute atomic E-state index is 14.0. The average molecular weight is 471 g/mol. The van der Waals surface area contributed by atoms with Gasteiger partial charge in [-0.05, 0) is 47.2 Å². The van der Waals surface area contributed by atoms with Crippen molar-refractivity contribution in [3.63, 3.8) is 0 Å². The number of anilines is 2. The topological polar surface area (TPSA) is 49.4 Å². The summed E-state index contributed by atoms with van der Waals surface area (Å²) in [7, 11) is 0. The first kappa shape index (κ1) is 22.4. The highest BCUT2D eigenvalue weighted by Crippen LogP contribution is 2.48. The molecule has 1 aliphatic carbocycles. The highest BCUT2D eigenvalue weighted by molar-refractivity contribution is 6.30. The summed E-state index contributed by atoms with van der Waals surface area (Å²) >= 11 is 6.40. The predicted octanol–water partition coefficient (Wildman–Crippen LogP) is 6.73. The fraction of sp³-hybridized carbons (Fsp3) is 0.241. The van der Waals surface area contributed by atoms with Crippen LogP contribution in [0.1, 0.15) is 43.9 Å². The summed E-state index contributed by atoms with van der Waals surface area (Å²) in [5, 5.41) is 4.12. The van der Waals surface area contributed by atoms with Gasteiger partial charge in [-0.25, -0.2) is 0 Å². The van der Waals surface area contributed by atoms with Crippen LogP contribution in [0.4, 0.5) is 11.4 Å². The number of fused-ring (bicyclic) bond motifs is 1. The number of ketones is 1. The Morgan fingerprint density at radius 3 is 2.50 bits per heavy atom. The number of Topliss-reactive ketones (excluding diaryl/α,β-unsaturated/α-hetero) is 1. The molecule has 0 saturated carbocycles. The van der Waals surface area contributed by atoms with Crippen LogP contribution in [0.5, 0.6) is 0 Å². The van der Waals surface area contributed by atoms with Crippen molar-refractivity contribution in [1.29, 1.82) is 0 Å². The van der Waals surface area contributed by atoms with E-state index in [0.29, 0.717) is 17.0 Å². The highest BCUT2D eigenvalue weighted by atomic mass is 35.5. The van der Waals surface area contributed by atoms with Crippen molar-refractivity contribution in [3.05, 3.63) is 106 Å². The van der Waals surface area contributed by atoms with E-state index in [-0.39, 0.29) is 23.5 Å². The van der Waals surface area contributed by atoms with Crippen LogP contribution in [0.3, 0.4) is 0 Å². The van der Waals surface area contributed by atoms with Crippen LogP contribution in [-0.2, 0) is 16.0 Å². The normalized spacial score (nSPS) is 19.1. The summed E-state index contributed by atoms with van der Waals surface area (Å²) in [4.78, 5) is 29.5. The second-order valence-corrected chi connectivity index (χ2v) is 10.3. The fourth-order valence-corrected chi connectivity index (χ4v) is 5.31. The number of carbonyl (C=O) groups is 2. The van der Waals surface area contributed by atoms with E-state index in [9.17, 15) is 9.59 Å². The molecule has 3 aromatic carbocycles. The molecule has 0 bridgehead atoms. The molecular formula is C29H27ClN2O2. The molecular weight excluding hydrogens is 444 g/mol. The predicted molar refractivity (Wildman–Crippen MR) is 137 cm³/mol. The number of carbonyl (C=O) groups excluding carboxylic acids is 2. The lowest BCUT2D eigenvalue weighted by molar-refractivity contribution is -0.119. The molecule has 0 unspecified atom stereocenters. The van der Waals surface area contributed by atoms with E-state index in [2.05, 4.69) is 19.2 Å². The quantitative estimate of drug-likeness (QED) is 0.462. The molecule has 3 aromatic rings. The summed E-state index contributed by atoms with van der Waals surface area (Å²) in [5.74, 6) is -0.00847. The molecule has 0 radical (unpaired) electrons. The zero-order valence-electron chi connectivity index (χ0n) is 19.3. The van der Waals surface area contributed by atoms with Gasteiger partial charge in [-0.3, -0.25) is 14.5 Å². The number of amides is 1. The van der Waals surface area contributed by atoms with Crippen LogP contribution in [0.2, 0.25) is 5.02 Å². The molecule has 1 N–H and O–H groups in total. The molecule has 1 amide bonds. The Morgan fingerprint density at radius 2 is 1.74 bits per heavy atom. The van der Waals surface area contributed by atoms with E-state index in [4.69, 9.17) is 11.6 Å². The monoisotopic (exact) mass is 470 g/mol. The molecule has 1 heterocycles. The van der Waals surface area contributed by atoms with Crippen molar-refractivity contribution in [2.24, 2.45) is 5.41 Å². The number of halogens is 1. The average Bonchev–Trinajstić information content (AvgIpc) is 2.93. The largest absolute Gasteiger partial charge is 0.357 e. The molecule has 34 heavy (non-hydrogen) atoms. The Bertz CT molecular complexity index is 1300. The van der Waals surface area contributed by atoms with Gasteiger partial charge in [0.1, 0.15) is 0 Å². The third-order valence-electron chi connectivity index (χ3n) is 6.53. The van der Waals surface area contributed by atoms with Crippen LogP contribution in [0.25, 0.3) is 0 Å². The third-order valence-corrected chi connectivity index (χ3v) is 6.77. The number of hydrogen-bond acceptors (Lipinski definition) is 3. The van der Waals surface area contributed by atoms with E-state index < -0.39 is 6.04 Å². The van der Waals surface area contributed by atoms with Crippen LogP contribution < -0.4 is 10.2 Å². The minimum atomic E-state index is -0.565. The number of para-hydroxylation sites is 2. The molecule has 2 aliphatic rings. The summed E-state index contributed by atoms with van der Waals surface area (Å²) < 4.78 is 0. The Balaban J connectivity index is 1.73. The van der Waals surface area contributed by atoms with E-state index in [1.807, 2.05) is 78.9 Å². The minimum absolute atomic E-state index is 0.0639. The summed E-state index contributed by atoms with van der Waals surface area (Å²) in [6.45, 7) is 4.22. The zero-order valence-corrected chi connectivity index (χ0v) is 20.1. The lowest BCUT2D eigenvalue weighted by atomic mass is 9.73. The molecule has 1 aliphatic heterocycles. The van der Waals surface area contributed by atoms with Crippen molar-refractivity contribution in [2.45, 2.75) is 39.2 Å². The molecule has 4 nitrogen and oxygen atoms in total. The minimum Gasteiger partial charge on any atom is -0.357 e. The van der Waals surface area contributed by atoms with Gasteiger partial charge >= 0.3 is 0 Å². The van der Waals surface area contributed by atoms with Gasteiger partial charge in [0.15, 0.2) is 5.78 Å². The summed E-state index contributed by atoms with van der Waals surface area (Å²) in [5.41, 5.74) is 4.71. The molecule has 172 valence electrons. The van der Waals surface area contributed by atoms with Crippen LogP contribution in [0.15, 0.2) is 90.1 Å². The van der Waals surface area contributed by atoms with E-state index >= 15 is 0 Å². The first-order valence-electron chi connectivity index (χ1n) is 11.6. The molecule has 5 rings (SSSR count). The van der Waals surface area contributed by atoms with Crippen molar-refractivity contribution in [1.82, 2.24) is 0 Å². The SMILES string of the molecule is CC1(C)CC(=O)C2=C(C1)Nc1ccccc1N(C(=O)Cc1ccccc1)[C@@H]2c1cccc(Cl)c1. The highest BCUT2D eigenvalue weighted by Gasteiger charge is 2.43. The van der Waals surface area contributed by atoms with Gasteiger partial charge in [0.05, 0.1) is 23.8 Å². The molecule has 1 atom stereocenters. The first-order valence-corrected chi connectivity index (χ1v) is 11.9. The number of nitrogens with one attached hydrogen (secondary N) is 1. The smallest absolute Gasteiger partial charge is 0.232 e.